The van der Waals surface area contributed by atoms with Crippen molar-refractivity contribution in [3.8, 4) is 0 Å². The third kappa shape index (κ3) is 2.96. The number of rotatable bonds is 4. The standard InChI is InChI=1S/C14H17N3O2S/c1-3-20(18,19)13-8-5-9-16-14(13)12-7-4-6-11(15-2)10-17-12/h4-5,7-10,15H,3,6H2,1-2H3. The third-order valence-corrected chi connectivity index (χ3v) is 4.78. The molecule has 0 fully saturated rings. The van der Waals surface area contributed by atoms with E-state index < -0.39 is 9.84 Å². The molecular formula is C14H17N3O2S. The van der Waals surface area contributed by atoms with E-state index in [0.29, 0.717) is 11.4 Å². The number of hydrogen-bond donors (Lipinski definition) is 1. The average Bonchev–Trinajstić information content (AvgIpc) is 2.72. The van der Waals surface area contributed by atoms with Gasteiger partial charge in [0.1, 0.15) is 5.69 Å². The van der Waals surface area contributed by atoms with Crippen molar-refractivity contribution >= 4 is 15.5 Å². The highest BCUT2D eigenvalue weighted by Gasteiger charge is 2.19. The number of hydrogen-bond acceptors (Lipinski definition) is 5. The van der Waals surface area contributed by atoms with Gasteiger partial charge in [-0.25, -0.2) is 8.42 Å². The van der Waals surface area contributed by atoms with Gasteiger partial charge in [-0.3, -0.25) is 9.98 Å². The van der Waals surface area contributed by atoms with Crippen LogP contribution in [0.1, 0.15) is 19.0 Å². The second-order valence-corrected chi connectivity index (χ2v) is 6.53. The number of aromatic nitrogens is 1. The van der Waals surface area contributed by atoms with E-state index in [-0.39, 0.29) is 10.6 Å². The van der Waals surface area contributed by atoms with Crippen LogP contribution in [0.5, 0.6) is 0 Å². The molecule has 0 bridgehead atoms. The molecule has 2 rings (SSSR count). The smallest absolute Gasteiger partial charge is 0.180 e. The number of nitrogens with zero attached hydrogens (tertiary/aromatic N) is 2. The van der Waals surface area contributed by atoms with Crippen molar-refractivity contribution in [3.05, 3.63) is 48.1 Å². The average molecular weight is 291 g/mol. The Morgan fingerprint density at radius 1 is 1.40 bits per heavy atom. The summed E-state index contributed by atoms with van der Waals surface area (Å²) in [6.45, 7) is 1.62. The van der Waals surface area contributed by atoms with Crippen molar-refractivity contribution in [2.24, 2.45) is 4.99 Å². The van der Waals surface area contributed by atoms with E-state index in [2.05, 4.69) is 15.3 Å². The van der Waals surface area contributed by atoms with Gasteiger partial charge in [-0.2, -0.15) is 0 Å². The van der Waals surface area contributed by atoms with Gasteiger partial charge in [-0.05, 0) is 18.2 Å². The molecule has 1 aromatic rings. The van der Waals surface area contributed by atoms with Gasteiger partial charge in [-0.1, -0.05) is 13.0 Å². The van der Waals surface area contributed by atoms with E-state index in [1.54, 1.807) is 37.5 Å². The van der Waals surface area contributed by atoms with Gasteiger partial charge in [0.25, 0.3) is 0 Å². The largest absolute Gasteiger partial charge is 0.390 e. The summed E-state index contributed by atoms with van der Waals surface area (Å²) in [5.74, 6) is 0.0420. The SMILES string of the molecule is CCS(=O)(=O)c1cccnc1C1=NC=C(NC)CC=C1. The summed E-state index contributed by atoms with van der Waals surface area (Å²) in [6.07, 6.45) is 7.75. The van der Waals surface area contributed by atoms with Crippen LogP contribution in [-0.4, -0.2) is 31.9 Å². The quantitative estimate of drug-likeness (QED) is 0.916. The molecule has 0 atom stereocenters. The predicted octanol–water partition coefficient (Wildman–Crippen LogP) is 1.69. The fraction of sp³-hybridized carbons (Fsp3) is 0.286. The minimum Gasteiger partial charge on any atom is -0.390 e. The first-order valence-corrected chi connectivity index (χ1v) is 8.03. The molecule has 0 unspecified atom stereocenters. The maximum absolute atomic E-state index is 12.1. The minimum atomic E-state index is -3.32. The summed E-state index contributed by atoms with van der Waals surface area (Å²) >= 11 is 0. The highest BCUT2D eigenvalue weighted by atomic mass is 32.2. The van der Waals surface area contributed by atoms with Crippen molar-refractivity contribution < 1.29 is 8.42 Å². The Kier molecular flexibility index (Phi) is 4.34. The van der Waals surface area contributed by atoms with Crippen LogP contribution in [0.4, 0.5) is 0 Å². The first-order chi connectivity index (χ1) is 9.58. The molecule has 20 heavy (non-hydrogen) atoms. The fourth-order valence-electron chi connectivity index (χ4n) is 1.84. The molecule has 0 aromatic carbocycles. The van der Waals surface area contributed by atoms with E-state index >= 15 is 0 Å². The normalized spacial score (nSPS) is 15.3. The molecule has 5 nitrogen and oxygen atoms in total. The minimum absolute atomic E-state index is 0.0420. The van der Waals surface area contributed by atoms with Gasteiger partial charge in [0, 0.05) is 31.6 Å². The molecule has 2 heterocycles. The third-order valence-electron chi connectivity index (χ3n) is 3.02. The number of nitrogens with one attached hydrogen (secondary N) is 1. The lowest BCUT2D eigenvalue weighted by molar-refractivity contribution is 0.596. The zero-order valence-electron chi connectivity index (χ0n) is 11.5. The Morgan fingerprint density at radius 3 is 2.90 bits per heavy atom. The fourth-order valence-corrected chi connectivity index (χ4v) is 2.89. The monoisotopic (exact) mass is 291 g/mol. The lowest BCUT2D eigenvalue weighted by Crippen LogP contribution is -2.12. The van der Waals surface area contributed by atoms with Crippen LogP contribution in [0.25, 0.3) is 0 Å². The molecule has 1 aromatic heterocycles. The van der Waals surface area contributed by atoms with Crippen molar-refractivity contribution in [3.63, 3.8) is 0 Å². The van der Waals surface area contributed by atoms with E-state index in [1.165, 1.54) is 0 Å². The van der Waals surface area contributed by atoms with Crippen LogP contribution in [-0.2, 0) is 9.84 Å². The highest BCUT2D eigenvalue weighted by Crippen LogP contribution is 2.18. The molecule has 1 N–H and O–H groups in total. The van der Waals surface area contributed by atoms with E-state index in [9.17, 15) is 8.42 Å². The van der Waals surface area contributed by atoms with Crippen molar-refractivity contribution in [1.82, 2.24) is 10.3 Å². The highest BCUT2D eigenvalue weighted by molar-refractivity contribution is 7.91. The van der Waals surface area contributed by atoms with Crippen molar-refractivity contribution in [1.29, 1.82) is 0 Å². The molecule has 0 aliphatic carbocycles. The Labute approximate surface area is 119 Å². The van der Waals surface area contributed by atoms with E-state index in [1.807, 2.05) is 13.1 Å². The van der Waals surface area contributed by atoms with Crippen LogP contribution in [0, 0.1) is 0 Å². The zero-order valence-corrected chi connectivity index (χ0v) is 12.3. The van der Waals surface area contributed by atoms with Crippen LogP contribution in [0.3, 0.4) is 0 Å². The van der Waals surface area contributed by atoms with Crippen LogP contribution < -0.4 is 5.32 Å². The van der Waals surface area contributed by atoms with Crippen molar-refractivity contribution in [2.45, 2.75) is 18.2 Å². The van der Waals surface area contributed by atoms with Gasteiger partial charge in [0.2, 0.25) is 0 Å². The molecule has 106 valence electrons. The van der Waals surface area contributed by atoms with E-state index in [0.717, 1.165) is 12.1 Å². The maximum atomic E-state index is 12.1. The Morgan fingerprint density at radius 2 is 2.20 bits per heavy atom. The number of allylic oxidation sites excluding steroid dienone is 2. The number of sulfone groups is 1. The topological polar surface area (TPSA) is 71.4 Å². The maximum Gasteiger partial charge on any atom is 0.180 e. The summed E-state index contributed by atoms with van der Waals surface area (Å²) in [5.41, 5.74) is 1.93. The van der Waals surface area contributed by atoms with Gasteiger partial charge in [0.15, 0.2) is 9.84 Å². The molecule has 1 aliphatic heterocycles. The summed E-state index contributed by atoms with van der Waals surface area (Å²) in [5, 5.41) is 3.04. The van der Waals surface area contributed by atoms with E-state index in [4.69, 9.17) is 0 Å². The Balaban J connectivity index is 2.55. The lowest BCUT2D eigenvalue weighted by Gasteiger charge is -2.07. The molecule has 6 heteroatoms. The van der Waals surface area contributed by atoms with Gasteiger partial charge in [0.05, 0.1) is 16.4 Å². The van der Waals surface area contributed by atoms with Gasteiger partial charge < -0.3 is 5.32 Å². The van der Waals surface area contributed by atoms with Crippen LogP contribution in [0.15, 0.2) is 52.3 Å². The number of pyridine rings is 1. The second kappa shape index (κ2) is 6.00. The second-order valence-electron chi connectivity index (χ2n) is 4.28. The van der Waals surface area contributed by atoms with Crippen LogP contribution >= 0.6 is 0 Å². The molecule has 0 spiro atoms. The first-order valence-electron chi connectivity index (χ1n) is 6.37. The molecule has 1 aliphatic rings. The predicted molar refractivity (Wildman–Crippen MR) is 79.4 cm³/mol. The summed E-state index contributed by atoms with van der Waals surface area (Å²) in [7, 11) is -1.50. The van der Waals surface area contributed by atoms with Crippen LogP contribution in [0.2, 0.25) is 0 Å². The summed E-state index contributed by atoms with van der Waals surface area (Å²) < 4.78 is 24.2. The Bertz CT molecular complexity index is 688. The molecule has 0 saturated carbocycles. The lowest BCUT2D eigenvalue weighted by atomic mass is 10.2. The van der Waals surface area contributed by atoms with Gasteiger partial charge >= 0.3 is 0 Å². The summed E-state index contributed by atoms with van der Waals surface area (Å²) in [6, 6.07) is 3.20. The van der Waals surface area contributed by atoms with Gasteiger partial charge in [-0.15, -0.1) is 0 Å². The zero-order chi connectivity index (χ0) is 14.6. The number of aliphatic imine (C=N–C) groups is 1. The van der Waals surface area contributed by atoms with Crippen molar-refractivity contribution in [2.75, 3.05) is 12.8 Å². The Hall–Kier alpha value is -1.95. The molecule has 0 radical (unpaired) electrons. The molecule has 0 saturated heterocycles. The molecule has 0 amide bonds. The summed E-state index contributed by atoms with van der Waals surface area (Å²) in [4.78, 5) is 8.76. The first kappa shape index (κ1) is 14.5. The molecular weight excluding hydrogens is 274 g/mol.